The zero-order valence-corrected chi connectivity index (χ0v) is 18.0. The first kappa shape index (κ1) is 21.3. The number of carbonyl (C=O) groups excluding carboxylic acids is 1. The van der Waals surface area contributed by atoms with Crippen molar-refractivity contribution in [3.05, 3.63) is 47.8 Å². The number of carbonyl (C=O) groups is 1. The predicted molar refractivity (Wildman–Crippen MR) is 111 cm³/mol. The van der Waals surface area contributed by atoms with E-state index >= 15 is 0 Å². The number of rotatable bonds is 6. The van der Waals surface area contributed by atoms with Crippen molar-refractivity contribution >= 4 is 16.1 Å². The summed E-state index contributed by atoms with van der Waals surface area (Å²) in [5.74, 6) is 0.241. The topological polar surface area (TPSA) is 87.5 Å². The summed E-state index contributed by atoms with van der Waals surface area (Å²) < 4.78 is 29.2. The molecule has 1 N–H and O–H groups in total. The van der Waals surface area contributed by atoms with Gasteiger partial charge in [0.15, 0.2) is 0 Å². The molecule has 8 nitrogen and oxygen atoms in total. The minimum absolute atomic E-state index is 0.152. The Hall–Kier alpha value is -2.39. The van der Waals surface area contributed by atoms with Crippen LogP contribution in [0.25, 0.3) is 0 Å². The van der Waals surface area contributed by atoms with Gasteiger partial charge in [-0.25, -0.2) is 13.2 Å². The number of benzene rings is 1. The number of nitrogens with one attached hydrogen (secondary N) is 1. The van der Waals surface area contributed by atoms with Crippen LogP contribution >= 0.6 is 0 Å². The van der Waals surface area contributed by atoms with Crippen molar-refractivity contribution in [3.63, 3.8) is 0 Å². The zero-order chi connectivity index (χ0) is 21.0. The van der Waals surface area contributed by atoms with E-state index in [2.05, 4.69) is 17.3 Å². The third kappa shape index (κ3) is 5.16. The predicted octanol–water partition coefficient (Wildman–Crippen LogP) is 1.85. The maximum atomic E-state index is 13.0. The number of hydrogen-bond donors (Lipinski definition) is 1. The van der Waals surface area contributed by atoms with Crippen LogP contribution in [-0.2, 0) is 16.6 Å². The minimum Gasteiger partial charge on any atom is -0.338 e. The molecule has 1 aliphatic rings. The summed E-state index contributed by atoms with van der Waals surface area (Å²) in [6, 6.07) is 7.08. The third-order valence-electron chi connectivity index (χ3n) is 5.13. The van der Waals surface area contributed by atoms with Gasteiger partial charge in [-0.3, -0.25) is 4.68 Å². The molecule has 1 atom stereocenters. The molecule has 0 bridgehead atoms. The molecule has 3 rings (SSSR count). The summed E-state index contributed by atoms with van der Waals surface area (Å²) in [7, 11) is -3.55. The smallest absolute Gasteiger partial charge is 0.317 e. The Bertz CT molecular complexity index is 935. The average molecular weight is 420 g/mol. The van der Waals surface area contributed by atoms with E-state index in [0.717, 1.165) is 17.7 Å². The van der Waals surface area contributed by atoms with Crippen LogP contribution in [0.2, 0.25) is 0 Å². The summed E-state index contributed by atoms with van der Waals surface area (Å²) in [6.45, 7) is 8.43. The van der Waals surface area contributed by atoms with Gasteiger partial charge >= 0.3 is 6.03 Å². The van der Waals surface area contributed by atoms with Gasteiger partial charge in [-0.05, 0) is 37.5 Å². The number of urea groups is 1. The Labute approximate surface area is 172 Å². The van der Waals surface area contributed by atoms with Crippen LogP contribution in [0.1, 0.15) is 18.1 Å². The Morgan fingerprint density at radius 2 is 1.93 bits per heavy atom. The van der Waals surface area contributed by atoms with Gasteiger partial charge in [0, 0.05) is 51.7 Å². The molecule has 1 aliphatic heterocycles. The number of piperazine rings is 1. The summed E-state index contributed by atoms with van der Waals surface area (Å²) in [5, 5.41) is 7.11. The number of amides is 2. The fourth-order valence-corrected chi connectivity index (χ4v) is 5.15. The zero-order valence-electron chi connectivity index (χ0n) is 17.2. The number of aromatic nitrogens is 2. The lowest BCUT2D eigenvalue weighted by atomic mass is 10.2. The quantitative estimate of drug-likeness (QED) is 0.774. The molecule has 158 valence electrons. The summed E-state index contributed by atoms with van der Waals surface area (Å²) in [4.78, 5) is 14.5. The number of aryl methyl sites for hydroxylation is 2. The maximum Gasteiger partial charge on any atom is 0.317 e. The summed E-state index contributed by atoms with van der Waals surface area (Å²) in [6.07, 6.45) is 3.63. The lowest BCUT2D eigenvalue weighted by Crippen LogP contribution is -2.53. The lowest BCUT2D eigenvalue weighted by Gasteiger charge is -2.34. The summed E-state index contributed by atoms with van der Waals surface area (Å²) >= 11 is 0. The molecule has 1 unspecified atom stereocenters. The molecule has 1 fully saturated rings. The highest BCUT2D eigenvalue weighted by molar-refractivity contribution is 7.89. The van der Waals surface area contributed by atoms with Crippen LogP contribution < -0.4 is 5.32 Å². The largest absolute Gasteiger partial charge is 0.338 e. The van der Waals surface area contributed by atoms with Crippen molar-refractivity contribution in [2.24, 2.45) is 5.92 Å². The van der Waals surface area contributed by atoms with E-state index in [1.807, 2.05) is 42.9 Å². The van der Waals surface area contributed by atoms with Crippen LogP contribution in [0, 0.1) is 19.8 Å². The first-order chi connectivity index (χ1) is 13.8. The highest BCUT2D eigenvalue weighted by atomic mass is 32.2. The van der Waals surface area contributed by atoms with Gasteiger partial charge in [0.25, 0.3) is 0 Å². The molecule has 1 saturated heterocycles. The Morgan fingerprint density at radius 1 is 1.21 bits per heavy atom. The molecule has 0 saturated carbocycles. The standard InChI is InChI=1S/C20H29N5O3S/c1-16-5-6-19(18(3)13-16)29(27,28)25-11-9-23(10-12-25)20(26)21-14-17(2)15-24-8-4-7-22-24/h4-8,13,17H,9-12,14-15H2,1-3H3,(H,21,26). The third-order valence-corrected chi connectivity index (χ3v) is 7.19. The van der Waals surface area contributed by atoms with E-state index < -0.39 is 10.0 Å². The van der Waals surface area contributed by atoms with Gasteiger partial charge in [0.1, 0.15) is 0 Å². The fourth-order valence-electron chi connectivity index (χ4n) is 3.53. The van der Waals surface area contributed by atoms with E-state index in [4.69, 9.17) is 0 Å². The molecule has 2 amide bonds. The maximum absolute atomic E-state index is 13.0. The number of nitrogens with zero attached hydrogens (tertiary/aromatic N) is 4. The molecular formula is C20H29N5O3S. The molecule has 0 radical (unpaired) electrons. The monoisotopic (exact) mass is 419 g/mol. The van der Waals surface area contributed by atoms with E-state index in [1.165, 1.54) is 4.31 Å². The van der Waals surface area contributed by atoms with Crippen LogP contribution in [0.5, 0.6) is 0 Å². The molecule has 1 aromatic heterocycles. The SMILES string of the molecule is Cc1ccc(S(=O)(=O)N2CCN(C(=O)NCC(C)Cn3cccn3)CC2)c(C)c1. The van der Waals surface area contributed by atoms with Crippen molar-refractivity contribution < 1.29 is 13.2 Å². The highest BCUT2D eigenvalue weighted by Gasteiger charge is 2.31. The normalized spacial score (nSPS) is 16.6. The average Bonchev–Trinajstić information content (AvgIpc) is 3.19. The Balaban J connectivity index is 1.51. The van der Waals surface area contributed by atoms with Crippen LogP contribution in [0.3, 0.4) is 0 Å². The second-order valence-electron chi connectivity index (χ2n) is 7.68. The first-order valence-electron chi connectivity index (χ1n) is 9.85. The second-order valence-corrected chi connectivity index (χ2v) is 9.59. The molecule has 1 aromatic carbocycles. The molecule has 2 heterocycles. The molecular weight excluding hydrogens is 390 g/mol. The molecule has 0 spiro atoms. The van der Waals surface area contributed by atoms with E-state index in [-0.39, 0.29) is 11.9 Å². The van der Waals surface area contributed by atoms with Crippen molar-refractivity contribution in [1.29, 1.82) is 0 Å². The lowest BCUT2D eigenvalue weighted by molar-refractivity contribution is 0.170. The van der Waals surface area contributed by atoms with Gasteiger partial charge in [0.05, 0.1) is 4.90 Å². The molecule has 9 heteroatoms. The van der Waals surface area contributed by atoms with Crippen molar-refractivity contribution in [2.45, 2.75) is 32.2 Å². The molecule has 0 aliphatic carbocycles. The van der Waals surface area contributed by atoms with E-state index in [9.17, 15) is 13.2 Å². The van der Waals surface area contributed by atoms with E-state index in [1.54, 1.807) is 17.2 Å². The highest BCUT2D eigenvalue weighted by Crippen LogP contribution is 2.22. The molecule has 29 heavy (non-hydrogen) atoms. The van der Waals surface area contributed by atoms with Crippen LogP contribution in [-0.4, -0.2) is 66.2 Å². The van der Waals surface area contributed by atoms with Crippen molar-refractivity contribution in [3.8, 4) is 0 Å². The number of sulfonamides is 1. The van der Waals surface area contributed by atoms with Gasteiger partial charge in [-0.1, -0.05) is 24.6 Å². The van der Waals surface area contributed by atoms with Gasteiger partial charge in [-0.15, -0.1) is 0 Å². The van der Waals surface area contributed by atoms with Crippen LogP contribution in [0.4, 0.5) is 4.79 Å². The summed E-state index contributed by atoms with van der Waals surface area (Å²) in [5.41, 5.74) is 1.78. The van der Waals surface area contributed by atoms with E-state index in [0.29, 0.717) is 37.6 Å². The van der Waals surface area contributed by atoms with Crippen LogP contribution in [0.15, 0.2) is 41.6 Å². The van der Waals surface area contributed by atoms with Gasteiger partial charge < -0.3 is 10.2 Å². The Morgan fingerprint density at radius 3 is 2.55 bits per heavy atom. The minimum atomic E-state index is -3.55. The fraction of sp³-hybridized carbons (Fsp3) is 0.500. The van der Waals surface area contributed by atoms with Crippen molar-refractivity contribution in [2.75, 3.05) is 32.7 Å². The van der Waals surface area contributed by atoms with Crippen molar-refractivity contribution in [1.82, 2.24) is 24.3 Å². The molecule has 2 aromatic rings. The van der Waals surface area contributed by atoms with Gasteiger partial charge in [-0.2, -0.15) is 9.40 Å². The first-order valence-corrected chi connectivity index (χ1v) is 11.3. The Kier molecular flexibility index (Phi) is 6.59. The number of hydrogen-bond acceptors (Lipinski definition) is 4. The second kappa shape index (κ2) is 8.96. The van der Waals surface area contributed by atoms with Gasteiger partial charge in [0.2, 0.25) is 10.0 Å².